The molecule has 0 saturated carbocycles. The van der Waals surface area contributed by atoms with Gasteiger partial charge < -0.3 is 9.47 Å². The van der Waals surface area contributed by atoms with Crippen molar-refractivity contribution in [1.82, 2.24) is 0 Å². The van der Waals surface area contributed by atoms with E-state index in [1.54, 1.807) is 36.4 Å². The molecule has 3 aromatic rings. The van der Waals surface area contributed by atoms with Gasteiger partial charge in [-0.2, -0.15) is 0 Å². The summed E-state index contributed by atoms with van der Waals surface area (Å²) >= 11 is 6.35. The number of hydrogen-bond acceptors (Lipinski definition) is 6. The average molecular weight is 507 g/mol. The summed E-state index contributed by atoms with van der Waals surface area (Å²) in [5.41, 5.74) is 1.87. The van der Waals surface area contributed by atoms with Gasteiger partial charge in [-0.1, -0.05) is 61.3 Å². The molecular weight excluding hydrogens is 480 g/mol. The van der Waals surface area contributed by atoms with Crippen LogP contribution < -0.4 is 19.4 Å². The van der Waals surface area contributed by atoms with Crippen LogP contribution in [-0.2, 0) is 14.4 Å². The number of imide groups is 1. The number of halogens is 1. The van der Waals surface area contributed by atoms with E-state index in [0.29, 0.717) is 28.8 Å². The number of hydroxylamine groups is 1. The van der Waals surface area contributed by atoms with Crippen LogP contribution >= 0.6 is 11.6 Å². The molecule has 36 heavy (non-hydrogen) atoms. The summed E-state index contributed by atoms with van der Waals surface area (Å²) in [6.07, 6.45) is 0.972. The summed E-state index contributed by atoms with van der Waals surface area (Å²) in [5.74, 6) is -0.384. The van der Waals surface area contributed by atoms with Crippen molar-refractivity contribution in [2.24, 2.45) is 5.92 Å². The smallest absolute Gasteiger partial charge is 0.266 e. The van der Waals surface area contributed by atoms with Gasteiger partial charge in [-0.05, 0) is 48.4 Å². The van der Waals surface area contributed by atoms with E-state index in [4.69, 9.17) is 25.9 Å². The molecule has 0 radical (unpaired) electrons. The first-order valence-electron chi connectivity index (χ1n) is 12.0. The lowest BCUT2D eigenvalue weighted by atomic mass is 9.90. The van der Waals surface area contributed by atoms with Crippen LogP contribution in [0.15, 0.2) is 72.8 Å². The van der Waals surface area contributed by atoms with Crippen LogP contribution in [-0.4, -0.2) is 31.6 Å². The molecule has 0 aromatic heterocycles. The minimum absolute atomic E-state index is 0.325. The fourth-order valence-corrected chi connectivity index (χ4v) is 4.96. The molecule has 2 heterocycles. The fourth-order valence-electron chi connectivity index (χ4n) is 4.74. The van der Waals surface area contributed by atoms with Crippen LogP contribution in [0.1, 0.15) is 31.4 Å². The van der Waals surface area contributed by atoms with Crippen LogP contribution in [0.4, 0.5) is 11.4 Å². The summed E-state index contributed by atoms with van der Waals surface area (Å²) in [5, 5.41) is 1.98. The summed E-state index contributed by atoms with van der Waals surface area (Å²) in [7, 11) is 1.58. The summed E-state index contributed by atoms with van der Waals surface area (Å²) < 4.78 is 11.5. The van der Waals surface area contributed by atoms with Crippen molar-refractivity contribution in [3.05, 3.63) is 83.4 Å². The number of hydrogen-bond donors (Lipinski definition) is 0. The highest BCUT2D eigenvalue weighted by Crippen LogP contribution is 2.49. The van der Waals surface area contributed by atoms with Crippen LogP contribution in [0, 0.1) is 5.92 Å². The van der Waals surface area contributed by atoms with Crippen molar-refractivity contribution >= 4 is 34.8 Å². The minimum atomic E-state index is -0.981. The highest BCUT2D eigenvalue weighted by atomic mass is 35.5. The first-order chi connectivity index (χ1) is 17.5. The average Bonchev–Trinajstić information content (AvgIpc) is 3.41. The first kappa shape index (κ1) is 24.2. The lowest BCUT2D eigenvalue weighted by molar-refractivity contribution is -0.126. The third kappa shape index (κ3) is 4.18. The number of carbonyl (C=O) groups excluding carboxylic acids is 2. The van der Waals surface area contributed by atoms with E-state index in [-0.39, 0.29) is 5.91 Å². The minimum Gasteiger partial charge on any atom is -0.493 e. The Morgan fingerprint density at radius 1 is 0.944 bits per heavy atom. The number of carbonyl (C=O) groups is 2. The largest absolute Gasteiger partial charge is 0.493 e. The Labute approximate surface area is 215 Å². The molecule has 5 rings (SSSR count). The number of methoxy groups -OCH3 is 1. The molecule has 2 fully saturated rings. The van der Waals surface area contributed by atoms with E-state index >= 15 is 0 Å². The number of ether oxygens (including phenoxy) is 2. The Morgan fingerprint density at radius 3 is 2.42 bits per heavy atom. The Hall–Kier alpha value is -3.55. The summed E-state index contributed by atoms with van der Waals surface area (Å²) in [4.78, 5) is 34.6. The second-order valence-corrected chi connectivity index (χ2v) is 9.14. The molecule has 0 unspecified atom stereocenters. The van der Waals surface area contributed by atoms with E-state index in [0.717, 1.165) is 29.0 Å². The SMILES string of the molecule is CCCCOc1ccc([C@@H]2[C@@H]3C(=O)N(c4ccccc4Cl)C(=O)[C@@H]3ON2c2ccccc2)cc1OC. The lowest BCUT2D eigenvalue weighted by Crippen LogP contribution is -2.37. The number of amides is 2. The fraction of sp³-hybridized carbons (Fsp3) is 0.286. The van der Waals surface area contributed by atoms with Gasteiger partial charge in [-0.3, -0.25) is 14.4 Å². The number of fused-ring (bicyclic) bond motifs is 1. The molecule has 0 spiro atoms. The zero-order chi connectivity index (χ0) is 25.2. The Morgan fingerprint density at radius 2 is 1.69 bits per heavy atom. The first-order valence-corrected chi connectivity index (χ1v) is 12.4. The highest BCUT2D eigenvalue weighted by Gasteiger charge is 2.60. The summed E-state index contributed by atoms with van der Waals surface area (Å²) in [6, 6.07) is 21.3. The van der Waals surface area contributed by atoms with Crippen LogP contribution in [0.25, 0.3) is 0 Å². The molecular formula is C28H27ClN2O5. The number of anilines is 2. The van der Waals surface area contributed by atoms with Crippen molar-refractivity contribution in [2.45, 2.75) is 31.9 Å². The predicted molar refractivity (Wildman–Crippen MR) is 137 cm³/mol. The molecule has 3 atom stereocenters. The molecule has 2 aliphatic heterocycles. The number of unbranched alkanes of at least 4 members (excludes halogenated alkanes) is 1. The summed E-state index contributed by atoms with van der Waals surface area (Å²) in [6.45, 7) is 2.68. The standard InChI is InChI=1S/C28H27ClN2O5/c1-3-4-16-35-22-15-14-18(17-23(22)34-2)25-24-26(36-31(25)19-10-6-5-7-11-19)28(33)30(27(24)32)21-13-9-8-12-20(21)29/h5-15,17,24-26H,3-4,16H2,1-2H3/t24-,25+,26+/m0/s1. The normalized spacial score (nSPS) is 21.1. The van der Waals surface area contributed by atoms with Gasteiger partial charge in [0.15, 0.2) is 17.6 Å². The monoisotopic (exact) mass is 506 g/mol. The number of benzene rings is 3. The van der Waals surface area contributed by atoms with Gasteiger partial charge in [0.2, 0.25) is 5.91 Å². The van der Waals surface area contributed by atoms with E-state index in [1.165, 1.54) is 0 Å². The molecule has 0 bridgehead atoms. The predicted octanol–water partition coefficient (Wildman–Crippen LogP) is 5.58. The molecule has 186 valence electrons. The van der Waals surface area contributed by atoms with Gasteiger partial charge in [-0.25, -0.2) is 9.96 Å². The van der Waals surface area contributed by atoms with E-state index in [2.05, 4.69) is 6.92 Å². The molecule has 3 aromatic carbocycles. The number of nitrogens with zero attached hydrogens (tertiary/aromatic N) is 2. The van der Waals surface area contributed by atoms with Crippen LogP contribution in [0.3, 0.4) is 0 Å². The van der Waals surface area contributed by atoms with Gasteiger partial charge in [0.25, 0.3) is 5.91 Å². The van der Waals surface area contributed by atoms with Crippen LogP contribution in [0.5, 0.6) is 11.5 Å². The third-order valence-corrected chi connectivity index (χ3v) is 6.82. The molecule has 2 aliphatic rings. The Balaban J connectivity index is 1.56. The second kappa shape index (κ2) is 10.2. The van der Waals surface area contributed by atoms with Gasteiger partial charge in [-0.15, -0.1) is 0 Å². The van der Waals surface area contributed by atoms with Crippen molar-refractivity contribution in [3.63, 3.8) is 0 Å². The van der Waals surface area contributed by atoms with Gasteiger partial charge in [0, 0.05) is 0 Å². The van der Waals surface area contributed by atoms with Crippen molar-refractivity contribution in [2.75, 3.05) is 23.7 Å². The highest BCUT2D eigenvalue weighted by molar-refractivity contribution is 6.36. The van der Waals surface area contributed by atoms with Crippen LogP contribution in [0.2, 0.25) is 5.02 Å². The number of rotatable bonds is 8. The zero-order valence-corrected chi connectivity index (χ0v) is 20.9. The topological polar surface area (TPSA) is 68.3 Å². The van der Waals surface area contributed by atoms with Gasteiger partial charge >= 0.3 is 0 Å². The Bertz CT molecular complexity index is 1270. The third-order valence-electron chi connectivity index (χ3n) is 6.50. The van der Waals surface area contributed by atoms with Crippen molar-refractivity contribution in [3.8, 4) is 11.5 Å². The molecule has 0 aliphatic carbocycles. The second-order valence-electron chi connectivity index (χ2n) is 8.73. The van der Waals surface area contributed by atoms with E-state index in [9.17, 15) is 9.59 Å². The zero-order valence-electron chi connectivity index (χ0n) is 20.1. The number of para-hydroxylation sites is 2. The van der Waals surface area contributed by atoms with E-state index < -0.39 is 24.0 Å². The van der Waals surface area contributed by atoms with Gasteiger partial charge in [0.1, 0.15) is 5.92 Å². The van der Waals surface area contributed by atoms with Crippen molar-refractivity contribution in [1.29, 1.82) is 0 Å². The quantitative estimate of drug-likeness (QED) is 0.293. The molecule has 8 heteroatoms. The molecule has 2 amide bonds. The molecule has 2 saturated heterocycles. The van der Waals surface area contributed by atoms with Crippen molar-refractivity contribution < 1.29 is 23.9 Å². The van der Waals surface area contributed by atoms with Gasteiger partial charge in [0.05, 0.1) is 36.2 Å². The maximum absolute atomic E-state index is 13.8. The maximum Gasteiger partial charge on any atom is 0.266 e. The van der Waals surface area contributed by atoms with E-state index in [1.807, 2.05) is 48.5 Å². The maximum atomic E-state index is 13.8. The molecule has 0 N–H and O–H groups in total. The lowest BCUT2D eigenvalue weighted by Gasteiger charge is -2.29. The Kier molecular flexibility index (Phi) is 6.85. The molecule has 7 nitrogen and oxygen atoms in total.